The van der Waals surface area contributed by atoms with Gasteiger partial charge in [-0.25, -0.2) is 9.67 Å². The molecule has 3 N–H and O–H groups in total. The Morgan fingerprint density at radius 3 is 2.91 bits per heavy atom. The van der Waals surface area contributed by atoms with Gasteiger partial charge in [0.25, 0.3) is 0 Å². The largest absolute Gasteiger partial charge is 0.357 e. The minimum absolute atomic E-state index is 0. The van der Waals surface area contributed by atoms with Gasteiger partial charge in [0, 0.05) is 41.1 Å². The van der Waals surface area contributed by atoms with Crippen molar-refractivity contribution in [2.75, 3.05) is 6.54 Å². The van der Waals surface area contributed by atoms with E-state index in [1.165, 1.54) is 41.4 Å². The third-order valence-corrected chi connectivity index (χ3v) is 6.29. The number of hydrogen-bond acceptors (Lipinski definition) is 4. The van der Waals surface area contributed by atoms with Gasteiger partial charge in [-0.05, 0) is 60.5 Å². The first-order chi connectivity index (χ1) is 15.3. The standard InChI is InChI=1S/C24H25N7.ClH/c1-2-16(3-1)11-25-13-21-10-18-5-4-17(8-22(18)28-21)14-31-15-23(29-30-31)20-9-19-6-7-26-24(19)27-12-20;/h4-10,12,15-16,25,28H,1-3,11,13-14H2,(H,26,27);1H. The molecule has 1 fully saturated rings. The Bertz CT molecular complexity index is 1340. The van der Waals surface area contributed by atoms with Crippen molar-refractivity contribution < 1.29 is 0 Å². The summed E-state index contributed by atoms with van der Waals surface area (Å²) in [6.45, 7) is 2.70. The number of nitrogens with one attached hydrogen (secondary N) is 3. The maximum atomic E-state index is 4.44. The van der Waals surface area contributed by atoms with Crippen molar-refractivity contribution in [2.45, 2.75) is 32.4 Å². The van der Waals surface area contributed by atoms with E-state index in [0.29, 0.717) is 6.54 Å². The van der Waals surface area contributed by atoms with Crippen LogP contribution in [0.5, 0.6) is 0 Å². The minimum atomic E-state index is 0. The molecule has 1 saturated carbocycles. The molecule has 0 radical (unpaired) electrons. The van der Waals surface area contributed by atoms with E-state index in [9.17, 15) is 0 Å². The predicted octanol–water partition coefficient (Wildman–Crippen LogP) is 4.66. The highest BCUT2D eigenvalue weighted by Gasteiger charge is 2.16. The van der Waals surface area contributed by atoms with E-state index in [-0.39, 0.29) is 12.4 Å². The lowest BCUT2D eigenvalue weighted by Gasteiger charge is -2.25. The van der Waals surface area contributed by atoms with Crippen LogP contribution in [-0.4, -0.2) is 36.5 Å². The first kappa shape index (κ1) is 20.7. The fourth-order valence-corrected chi connectivity index (χ4v) is 4.31. The van der Waals surface area contributed by atoms with Crippen LogP contribution >= 0.6 is 12.4 Å². The maximum absolute atomic E-state index is 4.44. The van der Waals surface area contributed by atoms with Crippen LogP contribution in [0.3, 0.4) is 0 Å². The third-order valence-electron chi connectivity index (χ3n) is 6.29. The molecule has 164 valence electrons. The highest BCUT2D eigenvalue weighted by Crippen LogP contribution is 2.25. The Labute approximate surface area is 192 Å². The topological polar surface area (TPSA) is 87.2 Å². The van der Waals surface area contributed by atoms with Crippen molar-refractivity contribution in [3.8, 4) is 11.3 Å². The Morgan fingerprint density at radius 1 is 1.09 bits per heavy atom. The van der Waals surface area contributed by atoms with Gasteiger partial charge in [0.2, 0.25) is 0 Å². The first-order valence-electron chi connectivity index (χ1n) is 10.9. The summed E-state index contributed by atoms with van der Waals surface area (Å²) in [4.78, 5) is 11.1. The monoisotopic (exact) mass is 447 g/mol. The Balaban J connectivity index is 0.00000216. The number of rotatable bonds is 7. The van der Waals surface area contributed by atoms with E-state index in [1.807, 2.05) is 29.3 Å². The summed E-state index contributed by atoms with van der Waals surface area (Å²) in [6.07, 6.45) is 9.86. The summed E-state index contributed by atoms with van der Waals surface area (Å²) < 4.78 is 1.88. The molecule has 0 aliphatic heterocycles. The molecule has 1 aliphatic rings. The van der Waals surface area contributed by atoms with Gasteiger partial charge in [0.1, 0.15) is 11.3 Å². The molecule has 4 aromatic heterocycles. The number of benzene rings is 1. The molecule has 7 nitrogen and oxygen atoms in total. The van der Waals surface area contributed by atoms with Gasteiger partial charge in [0.05, 0.1) is 12.7 Å². The number of hydrogen-bond donors (Lipinski definition) is 3. The number of pyridine rings is 1. The number of fused-ring (bicyclic) bond motifs is 2. The van der Waals surface area contributed by atoms with Crippen molar-refractivity contribution in [1.29, 1.82) is 0 Å². The first-order valence-corrected chi connectivity index (χ1v) is 10.9. The van der Waals surface area contributed by atoms with Crippen molar-refractivity contribution in [1.82, 2.24) is 35.3 Å². The van der Waals surface area contributed by atoms with E-state index in [1.54, 1.807) is 0 Å². The maximum Gasteiger partial charge on any atom is 0.137 e. The Morgan fingerprint density at radius 2 is 2.03 bits per heavy atom. The summed E-state index contributed by atoms with van der Waals surface area (Å²) in [5.74, 6) is 0.879. The lowest BCUT2D eigenvalue weighted by atomic mass is 9.85. The smallest absolute Gasteiger partial charge is 0.137 e. The molecular formula is C24H26ClN7. The summed E-state index contributed by atoms with van der Waals surface area (Å²) >= 11 is 0. The number of nitrogens with zero attached hydrogens (tertiary/aromatic N) is 4. The van der Waals surface area contributed by atoms with Crippen molar-refractivity contribution in [3.05, 3.63) is 66.2 Å². The van der Waals surface area contributed by atoms with E-state index >= 15 is 0 Å². The van der Waals surface area contributed by atoms with Crippen LogP contribution in [0.2, 0.25) is 0 Å². The van der Waals surface area contributed by atoms with Gasteiger partial charge in [0.15, 0.2) is 0 Å². The fourth-order valence-electron chi connectivity index (χ4n) is 4.31. The molecule has 6 rings (SSSR count). The molecule has 4 heterocycles. The quantitative estimate of drug-likeness (QED) is 0.338. The molecule has 8 heteroatoms. The van der Waals surface area contributed by atoms with Gasteiger partial charge in [-0.1, -0.05) is 23.8 Å². The zero-order chi connectivity index (χ0) is 20.6. The van der Waals surface area contributed by atoms with Gasteiger partial charge in [-0.2, -0.15) is 0 Å². The van der Waals surface area contributed by atoms with Crippen LogP contribution < -0.4 is 5.32 Å². The number of aromatic nitrogens is 6. The minimum Gasteiger partial charge on any atom is -0.357 e. The highest BCUT2D eigenvalue weighted by atomic mass is 35.5. The Hall–Kier alpha value is -3.16. The molecule has 1 aliphatic carbocycles. The van der Waals surface area contributed by atoms with Gasteiger partial charge in [-0.3, -0.25) is 0 Å². The molecule has 0 saturated heterocycles. The van der Waals surface area contributed by atoms with Crippen molar-refractivity contribution >= 4 is 34.3 Å². The molecule has 32 heavy (non-hydrogen) atoms. The summed E-state index contributed by atoms with van der Waals surface area (Å²) in [5.41, 5.74) is 6.28. The van der Waals surface area contributed by atoms with Crippen LogP contribution in [0, 0.1) is 5.92 Å². The SMILES string of the molecule is Cl.c1cc2cc(-c3cn(Cc4ccc5cc(CNCC6CCC6)[nH]c5c4)nn3)cnc2[nH]1. The molecule has 5 aromatic rings. The number of aromatic amines is 2. The normalized spacial score (nSPS) is 14.0. The van der Waals surface area contributed by atoms with Gasteiger partial charge in [-0.15, -0.1) is 17.5 Å². The third kappa shape index (κ3) is 4.13. The van der Waals surface area contributed by atoms with Gasteiger partial charge >= 0.3 is 0 Å². The highest BCUT2D eigenvalue weighted by molar-refractivity contribution is 5.85. The molecule has 0 unspecified atom stereocenters. The van der Waals surface area contributed by atoms with E-state index < -0.39 is 0 Å². The van der Waals surface area contributed by atoms with E-state index in [4.69, 9.17) is 0 Å². The van der Waals surface area contributed by atoms with Crippen LogP contribution in [0.1, 0.15) is 30.5 Å². The molecule has 1 aromatic carbocycles. The summed E-state index contributed by atoms with van der Waals surface area (Å²) in [5, 5.41) is 14.6. The Kier molecular flexibility index (Phi) is 5.68. The van der Waals surface area contributed by atoms with Crippen molar-refractivity contribution in [3.63, 3.8) is 0 Å². The van der Waals surface area contributed by atoms with Crippen molar-refractivity contribution in [2.24, 2.45) is 5.92 Å². The van der Waals surface area contributed by atoms with E-state index in [2.05, 4.69) is 60.9 Å². The second kappa shape index (κ2) is 8.76. The molecule has 0 spiro atoms. The van der Waals surface area contributed by atoms with Gasteiger partial charge < -0.3 is 15.3 Å². The predicted molar refractivity (Wildman–Crippen MR) is 129 cm³/mol. The van der Waals surface area contributed by atoms with Crippen LogP contribution in [0.25, 0.3) is 33.2 Å². The van der Waals surface area contributed by atoms with Crippen LogP contribution in [0.4, 0.5) is 0 Å². The lowest BCUT2D eigenvalue weighted by molar-refractivity contribution is 0.301. The molecule has 0 atom stereocenters. The van der Waals surface area contributed by atoms with Crippen LogP contribution in [0.15, 0.2) is 55.0 Å². The summed E-state index contributed by atoms with van der Waals surface area (Å²) in [7, 11) is 0. The number of H-pyrrole nitrogens is 2. The second-order valence-corrected chi connectivity index (χ2v) is 8.58. The molecular weight excluding hydrogens is 422 g/mol. The average molecular weight is 448 g/mol. The van der Waals surface area contributed by atoms with Crippen LogP contribution in [-0.2, 0) is 13.1 Å². The van der Waals surface area contributed by atoms with E-state index in [0.717, 1.165) is 41.3 Å². The zero-order valence-corrected chi connectivity index (χ0v) is 18.5. The lowest BCUT2D eigenvalue weighted by Crippen LogP contribution is -2.26. The second-order valence-electron chi connectivity index (χ2n) is 8.58. The molecule has 0 bridgehead atoms. The fraction of sp³-hybridized carbons (Fsp3) is 0.292. The summed E-state index contributed by atoms with van der Waals surface area (Å²) in [6, 6.07) is 12.9. The average Bonchev–Trinajstić information content (AvgIpc) is 3.48. The number of halogens is 1. The molecule has 0 amide bonds. The zero-order valence-electron chi connectivity index (χ0n) is 17.7.